The third-order valence-corrected chi connectivity index (χ3v) is 1.24. The monoisotopic (exact) mass is 141 g/mol. The SMILES string of the molecule is CN(C)CCCCNC#N. The van der Waals surface area contributed by atoms with Crippen molar-refractivity contribution >= 4 is 0 Å². The molecule has 0 amide bonds. The highest BCUT2D eigenvalue weighted by molar-refractivity contribution is 4.63. The molecule has 1 N–H and O–H groups in total. The van der Waals surface area contributed by atoms with E-state index in [4.69, 9.17) is 5.26 Å². The Hall–Kier alpha value is -0.750. The molecule has 0 bridgehead atoms. The fraction of sp³-hybridized carbons (Fsp3) is 0.857. The lowest BCUT2D eigenvalue weighted by atomic mass is 10.3. The fourth-order valence-electron chi connectivity index (χ4n) is 0.697. The smallest absolute Gasteiger partial charge is 0.176 e. The van der Waals surface area contributed by atoms with E-state index in [-0.39, 0.29) is 0 Å². The zero-order chi connectivity index (χ0) is 7.82. The Labute approximate surface area is 62.6 Å². The van der Waals surface area contributed by atoms with Crippen molar-refractivity contribution in [1.29, 1.82) is 5.26 Å². The second kappa shape index (κ2) is 6.37. The Morgan fingerprint density at radius 2 is 2.10 bits per heavy atom. The number of nitrogens with zero attached hydrogens (tertiary/aromatic N) is 2. The van der Waals surface area contributed by atoms with E-state index in [9.17, 15) is 0 Å². The van der Waals surface area contributed by atoms with E-state index >= 15 is 0 Å². The van der Waals surface area contributed by atoms with Crippen molar-refractivity contribution in [2.24, 2.45) is 0 Å². The number of nitriles is 1. The molecular weight excluding hydrogens is 126 g/mol. The summed E-state index contributed by atoms with van der Waals surface area (Å²) >= 11 is 0. The first-order valence-electron chi connectivity index (χ1n) is 3.54. The first kappa shape index (κ1) is 9.25. The minimum Gasteiger partial charge on any atom is -0.324 e. The lowest BCUT2D eigenvalue weighted by Crippen LogP contribution is -2.15. The number of unbranched alkanes of at least 4 members (excludes halogenated alkanes) is 1. The maximum Gasteiger partial charge on any atom is 0.176 e. The van der Waals surface area contributed by atoms with E-state index in [0.29, 0.717) is 0 Å². The van der Waals surface area contributed by atoms with Crippen LogP contribution in [-0.2, 0) is 0 Å². The largest absolute Gasteiger partial charge is 0.324 e. The van der Waals surface area contributed by atoms with Crippen LogP contribution < -0.4 is 5.32 Å². The molecule has 10 heavy (non-hydrogen) atoms. The van der Waals surface area contributed by atoms with Crippen LogP contribution in [0.2, 0.25) is 0 Å². The highest BCUT2D eigenvalue weighted by Crippen LogP contribution is 1.87. The third-order valence-electron chi connectivity index (χ3n) is 1.24. The summed E-state index contributed by atoms with van der Waals surface area (Å²) in [6.45, 7) is 1.91. The molecule has 0 aliphatic rings. The first-order valence-corrected chi connectivity index (χ1v) is 3.54. The average Bonchev–Trinajstić information content (AvgIpc) is 1.87. The maximum absolute atomic E-state index is 8.10. The second-order valence-electron chi connectivity index (χ2n) is 2.55. The molecule has 0 aromatic heterocycles. The summed E-state index contributed by atoms with van der Waals surface area (Å²) in [4.78, 5) is 2.15. The molecule has 0 fully saturated rings. The fourth-order valence-corrected chi connectivity index (χ4v) is 0.697. The molecule has 58 valence electrons. The molecule has 0 rings (SSSR count). The van der Waals surface area contributed by atoms with Gasteiger partial charge in [0.25, 0.3) is 0 Å². The van der Waals surface area contributed by atoms with Gasteiger partial charge in [-0.05, 0) is 33.5 Å². The summed E-state index contributed by atoms with van der Waals surface area (Å²) in [7, 11) is 4.11. The van der Waals surface area contributed by atoms with Gasteiger partial charge < -0.3 is 10.2 Å². The van der Waals surface area contributed by atoms with Gasteiger partial charge in [-0.1, -0.05) is 0 Å². The summed E-state index contributed by atoms with van der Waals surface area (Å²) < 4.78 is 0. The van der Waals surface area contributed by atoms with Gasteiger partial charge in [-0.25, -0.2) is 0 Å². The minimum absolute atomic E-state index is 0.810. The first-order chi connectivity index (χ1) is 4.77. The number of rotatable bonds is 5. The van der Waals surface area contributed by atoms with Crippen LogP contribution in [0.25, 0.3) is 0 Å². The van der Waals surface area contributed by atoms with Gasteiger partial charge in [0.1, 0.15) is 0 Å². The van der Waals surface area contributed by atoms with Gasteiger partial charge in [0.2, 0.25) is 0 Å². The maximum atomic E-state index is 8.10. The Morgan fingerprint density at radius 1 is 1.40 bits per heavy atom. The van der Waals surface area contributed by atoms with Crippen LogP contribution in [-0.4, -0.2) is 32.1 Å². The molecule has 3 heteroatoms. The van der Waals surface area contributed by atoms with Gasteiger partial charge in [-0.3, -0.25) is 0 Å². The van der Waals surface area contributed by atoms with Crippen molar-refractivity contribution in [2.75, 3.05) is 27.2 Å². The standard InChI is InChI=1S/C7H15N3/c1-10(2)6-4-3-5-9-7-8/h9H,3-6H2,1-2H3. The predicted octanol–water partition coefficient (Wildman–Crippen LogP) is 0.399. The molecule has 0 radical (unpaired) electrons. The molecule has 0 aliphatic carbocycles. The molecule has 0 heterocycles. The van der Waals surface area contributed by atoms with Crippen molar-refractivity contribution in [3.05, 3.63) is 0 Å². The van der Waals surface area contributed by atoms with Crippen molar-refractivity contribution in [2.45, 2.75) is 12.8 Å². The van der Waals surface area contributed by atoms with Crippen LogP contribution in [0.3, 0.4) is 0 Å². The molecule has 0 spiro atoms. The Kier molecular flexibility index (Phi) is 5.89. The number of hydrogen-bond donors (Lipinski definition) is 1. The van der Waals surface area contributed by atoms with Crippen LogP contribution in [0.1, 0.15) is 12.8 Å². The van der Waals surface area contributed by atoms with Crippen LogP contribution >= 0.6 is 0 Å². The minimum atomic E-state index is 0.810. The number of nitrogens with one attached hydrogen (secondary N) is 1. The molecule has 3 nitrogen and oxygen atoms in total. The molecule has 0 saturated heterocycles. The van der Waals surface area contributed by atoms with Gasteiger partial charge in [-0.2, -0.15) is 5.26 Å². The van der Waals surface area contributed by atoms with Gasteiger partial charge in [0.15, 0.2) is 6.19 Å². The summed E-state index contributed by atoms with van der Waals surface area (Å²) in [5.41, 5.74) is 0. The van der Waals surface area contributed by atoms with E-state index in [1.54, 1.807) is 0 Å². The molecule has 0 aliphatic heterocycles. The van der Waals surface area contributed by atoms with Crippen molar-refractivity contribution in [3.8, 4) is 6.19 Å². The van der Waals surface area contributed by atoms with E-state index in [1.165, 1.54) is 0 Å². The number of hydrogen-bond acceptors (Lipinski definition) is 3. The average molecular weight is 141 g/mol. The van der Waals surface area contributed by atoms with E-state index in [1.807, 2.05) is 6.19 Å². The summed E-state index contributed by atoms with van der Waals surface area (Å²) in [6, 6.07) is 0. The molecule has 0 aromatic carbocycles. The van der Waals surface area contributed by atoms with Crippen LogP contribution in [0.15, 0.2) is 0 Å². The second-order valence-corrected chi connectivity index (χ2v) is 2.55. The highest BCUT2D eigenvalue weighted by atomic mass is 15.0. The summed E-state index contributed by atoms with van der Waals surface area (Å²) in [5.74, 6) is 0. The highest BCUT2D eigenvalue weighted by Gasteiger charge is 1.89. The van der Waals surface area contributed by atoms with Gasteiger partial charge in [0.05, 0.1) is 0 Å². The van der Waals surface area contributed by atoms with Gasteiger partial charge in [0, 0.05) is 6.54 Å². The van der Waals surface area contributed by atoms with Gasteiger partial charge in [-0.15, -0.1) is 0 Å². The van der Waals surface area contributed by atoms with Crippen molar-refractivity contribution in [3.63, 3.8) is 0 Å². The normalized spacial score (nSPS) is 9.40. The molecule has 0 saturated carbocycles. The molecule has 0 unspecified atom stereocenters. The summed E-state index contributed by atoms with van der Waals surface area (Å²) in [5, 5.41) is 10.7. The van der Waals surface area contributed by atoms with Crippen LogP contribution in [0, 0.1) is 11.5 Å². The van der Waals surface area contributed by atoms with Crippen molar-refractivity contribution < 1.29 is 0 Å². The zero-order valence-corrected chi connectivity index (χ0v) is 6.72. The Morgan fingerprint density at radius 3 is 2.60 bits per heavy atom. The lowest BCUT2D eigenvalue weighted by molar-refractivity contribution is 0.394. The third kappa shape index (κ3) is 7.25. The van der Waals surface area contributed by atoms with Crippen molar-refractivity contribution in [1.82, 2.24) is 10.2 Å². The van der Waals surface area contributed by atoms with Gasteiger partial charge >= 0.3 is 0 Å². The quantitative estimate of drug-likeness (QED) is 0.342. The summed E-state index contributed by atoms with van der Waals surface area (Å²) in [6.07, 6.45) is 4.12. The van der Waals surface area contributed by atoms with Crippen LogP contribution in [0.4, 0.5) is 0 Å². The van der Waals surface area contributed by atoms with Crippen LogP contribution in [0.5, 0.6) is 0 Å². The lowest BCUT2D eigenvalue weighted by Gasteiger charge is -2.07. The Bertz CT molecular complexity index is 104. The van der Waals surface area contributed by atoms with E-state index < -0.39 is 0 Å². The molecule has 0 aromatic rings. The predicted molar refractivity (Wildman–Crippen MR) is 41.4 cm³/mol. The molecular formula is C7H15N3. The zero-order valence-electron chi connectivity index (χ0n) is 6.72. The molecule has 0 atom stereocenters. The Balaban J connectivity index is 2.86. The topological polar surface area (TPSA) is 39.1 Å². The van der Waals surface area contributed by atoms with E-state index in [0.717, 1.165) is 25.9 Å². The van der Waals surface area contributed by atoms with E-state index in [2.05, 4.69) is 24.3 Å².